The summed E-state index contributed by atoms with van der Waals surface area (Å²) in [5.41, 5.74) is 0.378. The normalized spacial score (nSPS) is 19.8. The Hall–Kier alpha value is -3.29. The van der Waals surface area contributed by atoms with Crippen LogP contribution >= 0.6 is 0 Å². The van der Waals surface area contributed by atoms with Crippen molar-refractivity contribution in [1.82, 2.24) is 19.4 Å². The van der Waals surface area contributed by atoms with Crippen LogP contribution in [0.15, 0.2) is 47.5 Å². The van der Waals surface area contributed by atoms with Crippen molar-refractivity contribution in [2.24, 2.45) is 4.99 Å². The Kier molecular flexibility index (Phi) is 8.94. The number of halogens is 3. The highest BCUT2D eigenvalue weighted by atomic mass is 32.2. The summed E-state index contributed by atoms with van der Waals surface area (Å²) in [4.78, 5) is 34.6. The molecule has 2 fully saturated rings. The summed E-state index contributed by atoms with van der Waals surface area (Å²) in [6.45, 7) is 9.34. The largest absolute Gasteiger partial charge is 0.416 e. The molecule has 3 aliphatic heterocycles. The first-order valence-corrected chi connectivity index (χ1v) is 16.5. The Morgan fingerprint density at radius 2 is 1.70 bits per heavy atom. The SMILES string of the molecule is Cc1cc(C(=O)N2CCN(C(C)C)CC2)ccc1CCS(=O)(=O)N1CCC2(CC1)N=C(c1cccc(C(F)(F)F)c1)NC2=O. The standard InChI is InChI=1S/C31H38F3N5O4S/c1-21(2)37-14-16-38(17-15-37)28(40)25-8-7-23(22(3)19-25)9-18-44(42,43)39-12-10-30(11-13-39)29(41)35-27(36-30)24-5-4-6-26(20-24)31(32,33)34/h4-8,19-21H,9-18H2,1-3H3,(H,35,36,41). The van der Waals surface area contributed by atoms with Crippen molar-refractivity contribution in [3.8, 4) is 0 Å². The van der Waals surface area contributed by atoms with E-state index in [-0.39, 0.29) is 55.4 Å². The zero-order valence-electron chi connectivity index (χ0n) is 25.2. The highest BCUT2D eigenvalue weighted by molar-refractivity contribution is 7.89. The Bertz CT molecular complexity index is 1560. The van der Waals surface area contributed by atoms with Crippen LogP contribution in [0.4, 0.5) is 13.2 Å². The number of benzene rings is 2. The van der Waals surface area contributed by atoms with Gasteiger partial charge in [-0.2, -0.15) is 13.2 Å². The second kappa shape index (κ2) is 12.2. The number of aryl methyl sites for hydroxylation is 2. The molecule has 2 amide bonds. The molecule has 0 atom stereocenters. The van der Waals surface area contributed by atoms with Crippen molar-refractivity contribution in [3.63, 3.8) is 0 Å². The minimum absolute atomic E-state index is 0.0206. The lowest BCUT2D eigenvalue weighted by Gasteiger charge is -2.37. The molecule has 0 saturated carbocycles. The summed E-state index contributed by atoms with van der Waals surface area (Å²) in [5, 5.41) is 2.60. The van der Waals surface area contributed by atoms with Crippen LogP contribution in [-0.4, -0.2) is 96.8 Å². The second-order valence-electron chi connectivity index (χ2n) is 12.1. The van der Waals surface area contributed by atoms with Gasteiger partial charge in [0.25, 0.3) is 11.8 Å². The summed E-state index contributed by atoms with van der Waals surface area (Å²) in [7, 11) is -3.66. The lowest BCUT2D eigenvalue weighted by molar-refractivity contribution is -0.137. The third-order valence-electron chi connectivity index (χ3n) is 8.94. The van der Waals surface area contributed by atoms with E-state index >= 15 is 0 Å². The van der Waals surface area contributed by atoms with Gasteiger partial charge in [0.2, 0.25) is 10.0 Å². The van der Waals surface area contributed by atoms with Gasteiger partial charge in [-0.3, -0.25) is 19.5 Å². The minimum Gasteiger partial charge on any atom is -0.336 e. The molecule has 2 aromatic rings. The highest BCUT2D eigenvalue weighted by Crippen LogP contribution is 2.34. The number of piperidine rings is 1. The smallest absolute Gasteiger partial charge is 0.336 e. The van der Waals surface area contributed by atoms with Crippen LogP contribution in [0, 0.1) is 6.92 Å². The van der Waals surface area contributed by atoms with Crippen molar-refractivity contribution in [2.45, 2.75) is 57.8 Å². The van der Waals surface area contributed by atoms with Crippen molar-refractivity contribution in [3.05, 3.63) is 70.3 Å². The van der Waals surface area contributed by atoms with Crippen LogP contribution < -0.4 is 5.32 Å². The van der Waals surface area contributed by atoms with Crippen LogP contribution in [0.5, 0.6) is 0 Å². The first kappa shape index (κ1) is 32.1. The molecule has 238 valence electrons. The van der Waals surface area contributed by atoms with Gasteiger partial charge >= 0.3 is 6.18 Å². The molecule has 0 radical (unpaired) electrons. The highest BCUT2D eigenvalue weighted by Gasteiger charge is 2.47. The molecule has 0 bridgehead atoms. The van der Waals surface area contributed by atoms with Crippen molar-refractivity contribution in [2.75, 3.05) is 45.0 Å². The fourth-order valence-corrected chi connectivity index (χ4v) is 7.55. The summed E-state index contributed by atoms with van der Waals surface area (Å²) in [6, 6.07) is 10.4. The van der Waals surface area contributed by atoms with E-state index in [1.54, 1.807) is 6.07 Å². The monoisotopic (exact) mass is 633 g/mol. The lowest BCUT2D eigenvalue weighted by atomic mass is 9.89. The van der Waals surface area contributed by atoms with Gasteiger partial charge in [-0.1, -0.05) is 18.2 Å². The predicted octanol–water partition coefficient (Wildman–Crippen LogP) is 3.46. The summed E-state index contributed by atoms with van der Waals surface area (Å²) in [5.74, 6) is -0.523. The van der Waals surface area contributed by atoms with E-state index in [0.717, 1.165) is 36.3 Å². The Labute approximate surface area is 256 Å². The molecule has 5 rings (SSSR count). The van der Waals surface area contributed by atoms with Gasteiger partial charge in [-0.15, -0.1) is 0 Å². The molecule has 0 aliphatic carbocycles. The predicted molar refractivity (Wildman–Crippen MR) is 161 cm³/mol. The van der Waals surface area contributed by atoms with Crippen molar-refractivity contribution >= 4 is 27.7 Å². The Morgan fingerprint density at radius 3 is 2.32 bits per heavy atom. The van der Waals surface area contributed by atoms with Gasteiger partial charge in [0.1, 0.15) is 11.4 Å². The number of alkyl halides is 3. The van der Waals surface area contributed by atoms with Crippen molar-refractivity contribution < 1.29 is 31.2 Å². The maximum atomic E-state index is 13.2. The van der Waals surface area contributed by atoms with Gasteiger partial charge in [0, 0.05) is 56.4 Å². The summed E-state index contributed by atoms with van der Waals surface area (Å²) in [6.07, 6.45) is -4.00. The maximum absolute atomic E-state index is 13.2. The van der Waals surface area contributed by atoms with Crippen LogP contribution in [0.2, 0.25) is 0 Å². The molecule has 1 spiro atoms. The third kappa shape index (κ3) is 6.69. The molecule has 0 aromatic heterocycles. The van der Waals surface area contributed by atoms with E-state index in [2.05, 4.69) is 29.1 Å². The molecular weight excluding hydrogens is 595 g/mol. The Morgan fingerprint density at radius 1 is 1.02 bits per heavy atom. The average molecular weight is 634 g/mol. The number of hydrogen-bond acceptors (Lipinski definition) is 6. The van der Waals surface area contributed by atoms with E-state index in [1.807, 2.05) is 24.0 Å². The number of aliphatic imine (C=N–C) groups is 1. The molecule has 44 heavy (non-hydrogen) atoms. The number of carbonyl (C=O) groups is 2. The van der Waals surface area contributed by atoms with Crippen LogP contribution in [-0.2, 0) is 27.4 Å². The number of piperazine rings is 1. The first-order chi connectivity index (χ1) is 20.7. The fraction of sp³-hybridized carbons (Fsp3) is 0.516. The second-order valence-corrected chi connectivity index (χ2v) is 14.1. The first-order valence-electron chi connectivity index (χ1n) is 14.9. The van der Waals surface area contributed by atoms with Gasteiger partial charge in [0.15, 0.2) is 0 Å². The molecule has 3 heterocycles. The molecule has 3 aliphatic rings. The van der Waals surface area contributed by atoms with E-state index in [9.17, 15) is 31.2 Å². The zero-order valence-corrected chi connectivity index (χ0v) is 26.0. The fourth-order valence-electron chi connectivity index (χ4n) is 6.07. The quantitative estimate of drug-likeness (QED) is 0.504. The maximum Gasteiger partial charge on any atom is 0.416 e. The molecule has 1 N–H and O–H groups in total. The number of rotatable bonds is 7. The number of amides is 2. The van der Waals surface area contributed by atoms with Crippen molar-refractivity contribution in [1.29, 1.82) is 0 Å². The van der Waals surface area contributed by atoms with Gasteiger partial charge in [-0.05, 0) is 75.4 Å². The van der Waals surface area contributed by atoms with E-state index in [1.165, 1.54) is 16.4 Å². The van der Waals surface area contributed by atoms with Crippen LogP contribution in [0.25, 0.3) is 0 Å². The van der Waals surface area contributed by atoms with E-state index in [0.29, 0.717) is 24.7 Å². The molecule has 0 unspecified atom stereocenters. The molecule has 2 saturated heterocycles. The molecule has 9 nitrogen and oxygen atoms in total. The molecule has 2 aromatic carbocycles. The zero-order chi connectivity index (χ0) is 31.9. The van der Waals surface area contributed by atoms with E-state index < -0.39 is 33.2 Å². The molecule has 13 heteroatoms. The number of hydrogen-bond donors (Lipinski definition) is 1. The summed E-state index contributed by atoms with van der Waals surface area (Å²) >= 11 is 0. The number of amidine groups is 1. The average Bonchev–Trinajstić information content (AvgIpc) is 3.31. The van der Waals surface area contributed by atoms with Crippen LogP contribution in [0.1, 0.15) is 59.3 Å². The topological polar surface area (TPSA) is 102 Å². The number of carbonyl (C=O) groups excluding carboxylic acids is 2. The summed E-state index contributed by atoms with van der Waals surface area (Å²) < 4.78 is 67.4. The lowest BCUT2D eigenvalue weighted by Crippen LogP contribution is -2.51. The number of nitrogens with zero attached hydrogens (tertiary/aromatic N) is 4. The Balaban J connectivity index is 1.18. The minimum atomic E-state index is -4.53. The van der Waals surface area contributed by atoms with Gasteiger partial charge in [0.05, 0.1) is 11.3 Å². The number of nitrogens with one attached hydrogen (secondary N) is 1. The molecular formula is C31H38F3N5O4S. The van der Waals surface area contributed by atoms with E-state index in [4.69, 9.17) is 0 Å². The number of sulfonamides is 1. The van der Waals surface area contributed by atoms with Gasteiger partial charge < -0.3 is 10.2 Å². The third-order valence-corrected chi connectivity index (χ3v) is 10.8. The van der Waals surface area contributed by atoms with Crippen LogP contribution in [0.3, 0.4) is 0 Å². The van der Waals surface area contributed by atoms with Gasteiger partial charge in [-0.25, -0.2) is 12.7 Å².